The average Bonchev–Trinajstić information content (AvgIpc) is 2.60. The van der Waals surface area contributed by atoms with Crippen LogP contribution in [0, 0.1) is 0 Å². The highest BCUT2D eigenvalue weighted by molar-refractivity contribution is 5.78. The van der Waals surface area contributed by atoms with Crippen molar-refractivity contribution in [3.63, 3.8) is 0 Å². The molecule has 0 aromatic carbocycles. The van der Waals surface area contributed by atoms with E-state index in [0.717, 1.165) is 6.54 Å². The molecule has 0 aromatic heterocycles. The van der Waals surface area contributed by atoms with Gasteiger partial charge in [0.25, 0.3) is 0 Å². The number of hydrogen-bond acceptors (Lipinski definition) is 2. The van der Waals surface area contributed by atoms with Gasteiger partial charge in [-0.05, 0) is 53.1 Å². The van der Waals surface area contributed by atoms with Crippen molar-refractivity contribution in [3.05, 3.63) is 0 Å². The van der Waals surface area contributed by atoms with Gasteiger partial charge in [0.15, 0.2) is 5.96 Å². The Morgan fingerprint density at radius 2 is 2.18 bits per heavy atom. The summed E-state index contributed by atoms with van der Waals surface area (Å²) < 4.78 is 0. The third-order valence-electron chi connectivity index (χ3n) is 2.99. The van der Waals surface area contributed by atoms with Crippen molar-refractivity contribution < 1.29 is 0 Å². The number of aliphatic imine (C=N–C) groups is 1. The predicted molar refractivity (Wildman–Crippen MR) is 74.3 cm³/mol. The van der Waals surface area contributed by atoms with Crippen molar-refractivity contribution in [3.8, 4) is 0 Å². The maximum atomic E-state index is 5.88. The second-order valence-electron chi connectivity index (χ2n) is 5.93. The van der Waals surface area contributed by atoms with E-state index in [1.807, 2.05) is 0 Å². The third kappa shape index (κ3) is 5.39. The van der Waals surface area contributed by atoms with Crippen LogP contribution in [0.1, 0.15) is 47.0 Å². The van der Waals surface area contributed by atoms with Gasteiger partial charge < -0.3 is 11.1 Å². The number of hydrogen-bond donors (Lipinski definition) is 2. The van der Waals surface area contributed by atoms with E-state index < -0.39 is 0 Å². The molecule has 1 rings (SSSR count). The first kappa shape index (κ1) is 14.3. The van der Waals surface area contributed by atoms with Crippen LogP contribution in [0.25, 0.3) is 0 Å². The van der Waals surface area contributed by atoms with Crippen molar-refractivity contribution in [2.24, 2.45) is 10.7 Å². The molecule has 0 bridgehead atoms. The Morgan fingerprint density at radius 1 is 1.47 bits per heavy atom. The van der Waals surface area contributed by atoms with Gasteiger partial charge in [-0.15, -0.1) is 0 Å². The van der Waals surface area contributed by atoms with Gasteiger partial charge in [-0.25, -0.2) is 0 Å². The Hall–Kier alpha value is -0.770. The van der Waals surface area contributed by atoms with Gasteiger partial charge in [0.2, 0.25) is 0 Å². The quantitative estimate of drug-likeness (QED) is 0.579. The van der Waals surface area contributed by atoms with E-state index in [9.17, 15) is 0 Å². The zero-order chi connectivity index (χ0) is 12.9. The van der Waals surface area contributed by atoms with E-state index in [4.69, 9.17) is 5.73 Å². The van der Waals surface area contributed by atoms with Gasteiger partial charge in [-0.1, -0.05) is 6.92 Å². The molecule has 0 saturated carbocycles. The van der Waals surface area contributed by atoms with E-state index in [0.29, 0.717) is 12.0 Å². The summed E-state index contributed by atoms with van der Waals surface area (Å²) in [4.78, 5) is 7.00. The zero-order valence-electron chi connectivity index (χ0n) is 11.8. The smallest absolute Gasteiger partial charge is 0.189 e. The normalized spacial score (nSPS) is 23.1. The Labute approximate surface area is 106 Å². The lowest BCUT2D eigenvalue weighted by Gasteiger charge is -2.24. The summed E-state index contributed by atoms with van der Waals surface area (Å²) in [5.74, 6) is 0.570. The summed E-state index contributed by atoms with van der Waals surface area (Å²) in [6.45, 7) is 11.7. The molecule has 1 atom stereocenters. The molecular weight excluding hydrogens is 212 g/mol. The van der Waals surface area contributed by atoms with E-state index in [1.165, 1.54) is 32.4 Å². The van der Waals surface area contributed by atoms with Gasteiger partial charge in [-0.2, -0.15) is 0 Å². The molecule has 3 N–H and O–H groups in total. The molecule has 0 amide bonds. The highest BCUT2D eigenvalue weighted by Gasteiger charge is 2.23. The summed E-state index contributed by atoms with van der Waals surface area (Å²) >= 11 is 0. The topological polar surface area (TPSA) is 53.6 Å². The molecule has 1 aliphatic heterocycles. The Kier molecular flexibility index (Phi) is 5.25. The van der Waals surface area contributed by atoms with E-state index in [2.05, 4.69) is 42.9 Å². The standard InChI is InChI=1S/C13H28N4/c1-5-8-17-9-6-7-11(17)10-15-12(14)16-13(2,3)4/h11H,5-10H2,1-4H3,(H3,14,15,16)/t11-/m0/s1. The molecule has 0 aromatic rings. The second kappa shape index (κ2) is 6.24. The molecule has 1 saturated heterocycles. The Morgan fingerprint density at radius 3 is 2.76 bits per heavy atom. The van der Waals surface area contributed by atoms with Crippen molar-refractivity contribution in [1.82, 2.24) is 10.2 Å². The van der Waals surface area contributed by atoms with E-state index in [-0.39, 0.29) is 5.54 Å². The number of nitrogens with two attached hydrogens (primary N) is 1. The first-order valence-corrected chi connectivity index (χ1v) is 6.74. The summed E-state index contributed by atoms with van der Waals surface area (Å²) in [5.41, 5.74) is 5.87. The molecule has 1 fully saturated rings. The van der Waals surface area contributed by atoms with Gasteiger partial charge in [-0.3, -0.25) is 9.89 Å². The fraction of sp³-hybridized carbons (Fsp3) is 0.923. The van der Waals surface area contributed by atoms with Gasteiger partial charge >= 0.3 is 0 Å². The molecule has 0 radical (unpaired) electrons. The Bertz CT molecular complexity index is 255. The van der Waals surface area contributed by atoms with E-state index in [1.54, 1.807) is 0 Å². The van der Waals surface area contributed by atoms with Crippen LogP contribution in [0.5, 0.6) is 0 Å². The molecular formula is C13H28N4. The van der Waals surface area contributed by atoms with Gasteiger partial charge in [0.05, 0.1) is 6.54 Å². The maximum absolute atomic E-state index is 5.88. The number of likely N-dealkylation sites (tertiary alicyclic amines) is 1. The van der Waals surface area contributed by atoms with Crippen molar-refractivity contribution in [1.29, 1.82) is 0 Å². The Balaban J connectivity index is 2.40. The predicted octanol–water partition coefficient (Wildman–Crippen LogP) is 1.56. The molecule has 1 heterocycles. The van der Waals surface area contributed by atoms with Crippen molar-refractivity contribution in [2.75, 3.05) is 19.6 Å². The average molecular weight is 240 g/mol. The second-order valence-corrected chi connectivity index (χ2v) is 5.93. The largest absolute Gasteiger partial charge is 0.370 e. The van der Waals surface area contributed by atoms with Crippen molar-refractivity contribution >= 4 is 5.96 Å². The maximum Gasteiger partial charge on any atom is 0.189 e. The number of nitrogens with zero attached hydrogens (tertiary/aromatic N) is 2. The highest BCUT2D eigenvalue weighted by atomic mass is 15.2. The van der Waals surface area contributed by atoms with Crippen LogP contribution in [0.3, 0.4) is 0 Å². The monoisotopic (exact) mass is 240 g/mol. The lowest BCUT2D eigenvalue weighted by atomic mass is 10.1. The SMILES string of the molecule is CCCN1CCC[C@H]1CN=C(N)NC(C)(C)C. The minimum Gasteiger partial charge on any atom is -0.370 e. The van der Waals surface area contributed by atoms with Gasteiger partial charge in [0, 0.05) is 11.6 Å². The fourth-order valence-electron chi connectivity index (χ4n) is 2.31. The lowest BCUT2D eigenvalue weighted by molar-refractivity contribution is 0.259. The highest BCUT2D eigenvalue weighted by Crippen LogP contribution is 2.17. The first-order valence-electron chi connectivity index (χ1n) is 6.74. The fourth-order valence-corrected chi connectivity index (χ4v) is 2.31. The first-order chi connectivity index (χ1) is 7.92. The van der Waals surface area contributed by atoms with Crippen molar-refractivity contribution in [2.45, 2.75) is 58.5 Å². The minimum absolute atomic E-state index is 0.00757. The van der Waals surface area contributed by atoms with E-state index >= 15 is 0 Å². The molecule has 100 valence electrons. The van der Waals surface area contributed by atoms with Crippen LogP contribution in [-0.2, 0) is 0 Å². The number of nitrogens with one attached hydrogen (secondary N) is 1. The van der Waals surface area contributed by atoms with Crippen LogP contribution in [0.4, 0.5) is 0 Å². The third-order valence-corrected chi connectivity index (χ3v) is 2.99. The lowest BCUT2D eigenvalue weighted by Crippen LogP contribution is -2.45. The molecule has 4 nitrogen and oxygen atoms in total. The number of guanidine groups is 1. The molecule has 4 heteroatoms. The summed E-state index contributed by atoms with van der Waals surface area (Å²) in [6, 6.07) is 0.593. The zero-order valence-corrected chi connectivity index (χ0v) is 11.8. The molecule has 0 aliphatic carbocycles. The summed E-state index contributed by atoms with van der Waals surface area (Å²) in [5, 5.41) is 3.20. The van der Waals surface area contributed by atoms with Crippen LogP contribution in [0.2, 0.25) is 0 Å². The summed E-state index contributed by atoms with van der Waals surface area (Å²) in [6.07, 6.45) is 3.77. The van der Waals surface area contributed by atoms with Gasteiger partial charge in [0.1, 0.15) is 0 Å². The molecule has 17 heavy (non-hydrogen) atoms. The van der Waals surface area contributed by atoms with Crippen LogP contribution >= 0.6 is 0 Å². The van der Waals surface area contributed by atoms with Crippen LogP contribution < -0.4 is 11.1 Å². The van der Waals surface area contributed by atoms with Crippen LogP contribution in [-0.4, -0.2) is 42.1 Å². The molecule has 0 unspecified atom stereocenters. The molecule has 0 spiro atoms. The molecule has 1 aliphatic rings. The number of rotatable bonds is 4. The van der Waals surface area contributed by atoms with Crippen LogP contribution in [0.15, 0.2) is 4.99 Å². The summed E-state index contributed by atoms with van der Waals surface area (Å²) in [7, 11) is 0. The minimum atomic E-state index is -0.00757.